The highest BCUT2D eigenvalue weighted by Gasteiger charge is 2.12. The summed E-state index contributed by atoms with van der Waals surface area (Å²) in [6, 6.07) is 3.23. The van der Waals surface area contributed by atoms with Gasteiger partial charge in [0, 0.05) is 25.4 Å². The lowest BCUT2D eigenvalue weighted by molar-refractivity contribution is 0.0947. The van der Waals surface area contributed by atoms with Gasteiger partial charge < -0.3 is 10.4 Å². The highest BCUT2D eigenvalue weighted by Crippen LogP contribution is 2.17. The molecular weight excluding hydrogens is 237 g/mol. The van der Waals surface area contributed by atoms with Gasteiger partial charge in [0.05, 0.1) is 11.8 Å². The number of nitrogens with one attached hydrogen (secondary N) is 1. The zero-order valence-corrected chi connectivity index (χ0v) is 9.72. The maximum Gasteiger partial charge on any atom is 0.255 e. The van der Waals surface area contributed by atoms with Gasteiger partial charge in [-0.25, -0.2) is 4.39 Å². The van der Waals surface area contributed by atoms with Gasteiger partial charge >= 0.3 is 0 Å². The molecule has 2 rings (SSSR count). The molecule has 2 N–H and O–H groups in total. The van der Waals surface area contributed by atoms with Gasteiger partial charge in [-0.1, -0.05) is 0 Å². The zero-order valence-electron chi connectivity index (χ0n) is 9.72. The van der Waals surface area contributed by atoms with Gasteiger partial charge in [-0.3, -0.25) is 9.48 Å². The summed E-state index contributed by atoms with van der Waals surface area (Å²) in [7, 11) is 1.77. The highest BCUT2D eigenvalue weighted by atomic mass is 19.1. The molecule has 0 aliphatic rings. The number of hydrogen-bond acceptors (Lipinski definition) is 3. The first-order chi connectivity index (χ1) is 8.56. The second-order valence-corrected chi connectivity index (χ2v) is 3.87. The molecule has 1 aromatic heterocycles. The quantitative estimate of drug-likeness (QED) is 0.858. The summed E-state index contributed by atoms with van der Waals surface area (Å²) in [4.78, 5) is 11.7. The predicted molar refractivity (Wildman–Crippen MR) is 62.4 cm³/mol. The molecule has 0 fully saturated rings. The Hall–Kier alpha value is -2.37. The van der Waals surface area contributed by atoms with Gasteiger partial charge in [-0.05, 0) is 18.2 Å². The van der Waals surface area contributed by atoms with E-state index >= 15 is 0 Å². The maximum atomic E-state index is 13.0. The smallest absolute Gasteiger partial charge is 0.255 e. The van der Waals surface area contributed by atoms with Gasteiger partial charge in [0.2, 0.25) is 0 Å². The Morgan fingerprint density at radius 2 is 2.33 bits per heavy atom. The molecule has 2 aromatic rings. The normalized spacial score (nSPS) is 10.3. The summed E-state index contributed by atoms with van der Waals surface area (Å²) in [5, 5.41) is 16.0. The molecular formula is C12H12FN3O2. The van der Waals surface area contributed by atoms with Crippen molar-refractivity contribution in [1.29, 1.82) is 0 Å². The average molecular weight is 249 g/mol. The van der Waals surface area contributed by atoms with Crippen LogP contribution in [0.25, 0.3) is 0 Å². The van der Waals surface area contributed by atoms with Crippen LogP contribution in [0.1, 0.15) is 15.9 Å². The van der Waals surface area contributed by atoms with Crippen molar-refractivity contribution in [3.05, 3.63) is 47.5 Å². The molecule has 1 heterocycles. The first-order valence-corrected chi connectivity index (χ1v) is 5.30. The number of aryl methyl sites for hydroxylation is 1. The molecule has 0 unspecified atom stereocenters. The third-order valence-electron chi connectivity index (χ3n) is 2.41. The minimum Gasteiger partial charge on any atom is -0.507 e. The van der Waals surface area contributed by atoms with E-state index < -0.39 is 11.7 Å². The minimum absolute atomic E-state index is 0.0844. The van der Waals surface area contributed by atoms with Crippen LogP contribution in [0.4, 0.5) is 4.39 Å². The fraction of sp³-hybridized carbons (Fsp3) is 0.167. The molecule has 94 valence electrons. The van der Waals surface area contributed by atoms with Gasteiger partial charge in [0.25, 0.3) is 5.91 Å². The molecule has 0 atom stereocenters. The lowest BCUT2D eigenvalue weighted by Crippen LogP contribution is -2.22. The number of phenolic OH excluding ortho intramolecular Hbond substituents is 1. The molecule has 0 bridgehead atoms. The Morgan fingerprint density at radius 3 is 3.00 bits per heavy atom. The highest BCUT2D eigenvalue weighted by molar-refractivity contribution is 5.96. The van der Waals surface area contributed by atoms with Crippen molar-refractivity contribution in [2.24, 2.45) is 7.05 Å². The van der Waals surface area contributed by atoms with Crippen LogP contribution >= 0.6 is 0 Å². The van der Waals surface area contributed by atoms with E-state index in [4.69, 9.17) is 0 Å². The summed E-state index contributed by atoms with van der Waals surface area (Å²) in [5.41, 5.74) is 0.737. The number of carbonyl (C=O) groups excluding carboxylic acids is 1. The Balaban J connectivity index is 2.05. The van der Waals surface area contributed by atoms with Crippen LogP contribution in [-0.2, 0) is 13.6 Å². The van der Waals surface area contributed by atoms with Crippen molar-refractivity contribution in [2.45, 2.75) is 6.54 Å². The van der Waals surface area contributed by atoms with Crippen molar-refractivity contribution in [3.63, 3.8) is 0 Å². The molecule has 6 heteroatoms. The van der Waals surface area contributed by atoms with Gasteiger partial charge in [-0.15, -0.1) is 0 Å². The molecule has 5 nitrogen and oxygen atoms in total. The number of hydrogen-bond donors (Lipinski definition) is 2. The molecule has 0 radical (unpaired) electrons. The largest absolute Gasteiger partial charge is 0.507 e. The lowest BCUT2D eigenvalue weighted by atomic mass is 10.2. The van der Waals surface area contributed by atoms with E-state index in [1.807, 2.05) is 0 Å². The van der Waals surface area contributed by atoms with E-state index in [2.05, 4.69) is 10.4 Å². The van der Waals surface area contributed by atoms with E-state index in [0.717, 1.165) is 23.8 Å². The van der Waals surface area contributed by atoms with Crippen molar-refractivity contribution in [1.82, 2.24) is 15.1 Å². The van der Waals surface area contributed by atoms with E-state index in [0.29, 0.717) is 0 Å². The number of amides is 1. The number of halogens is 1. The number of aromatic nitrogens is 2. The summed E-state index contributed by atoms with van der Waals surface area (Å²) in [6.07, 6.45) is 3.37. The zero-order chi connectivity index (χ0) is 13.1. The minimum atomic E-state index is -0.570. The van der Waals surface area contributed by atoms with E-state index in [9.17, 15) is 14.3 Å². The van der Waals surface area contributed by atoms with Crippen molar-refractivity contribution in [2.75, 3.05) is 0 Å². The van der Waals surface area contributed by atoms with Crippen LogP contribution in [0.15, 0.2) is 30.6 Å². The Kier molecular flexibility index (Phi) is 3.27. The summed E-state index contributed by atoms with van der Waals surface area (Å²) in [6.45, 7) is 0.266. The van der Waals surface area contributed by atoms with Crippen LogP contribution in [-0.4, -0.2) is 20.8 Å². The second-order valence-electron chi connectivity index (χ2n) is 3.87. The molecule has 0 spiro atoms. The molecule has 1 aromatic carbocycles. The average Bonchev–Trinajstić information content (AvgIpc) is 2.75. The summed E-state index contributed by atoms with van der Waals surface area (Å²) < 4.78 is 14.6. The maximum absolute atomic E-state index is 13.0. The summed E-state index contributed by atoms with van der Waals surface area (Å²) >= 11 is 0. The third kappa shape index (κ3) is 2.65. The van der Waals surface area contributed by atoms with Crippen LogP contribution in [0, 0.1) is 5.82 Å². The first kappa shape index (κ1) is 12.1. The molecule has 18 heavy (non-hydrogen) atoms. The van der Waals surface area contributed by atoms with Gasteiger partial charge in [-0.2, -0.15) is 5.10 Å². The van der Waals surface area contributed by atoms with Crippen LogP contribution in [0.2, 0.25) is 0 Å². The van der Waals surface area contributed by atoms with Crippen LogP contribution < -0.4 is 5.32 Å². The Labute approximate surface area is 103 Å². The topological polar surface area (TPSA) is 67.2 Å². The van der Waals surface area contributed by atoms with Gasteiger partial charge in [0.1, 0.15) is 11.6 Å². The number of aromatic hydroxyl groups is 1. The Bertz CT molecular complexity index is 580. The van der Waals surface area contributed by atoms with Crippen LogP contribution in [0.3, 0.4) is 0 Å². The standard InChI is InChI=1S/C12H12FN3O2/c1-16-7-8(6-15-16)5-14-12(18)10-4-9(13)2-3-11(10)17/h2-4,6-7,17H,5H2,1H3,(H,14,18). The second kappa shape index (κ2) is 4.87. The Morgan fingerprint density at radius 1 is 1.56 bits per heavy atom. The number of rotatable bonds is 3. The molecule has 1 amide bonds. The van der Waals surface area contributed by atoms with Crippen molar-refractivity contribution < 1.29 is 14.3 Å². The number of nitrogens with zero attached hydrogens (tertiary/aromatic N) is 2. The monoisotopic (exact) mass is 249 g/mol. The SMILES string of the molecule is Cn1cc(CNC(=O)c2cc(F)ccc2O)cn1. The molecule has 0 aliphatic carbocycles. The van der Waals surface area contributed by atoms with E-state index in [-0.39, 0.29) is 17.9 Å². The summed E-state index contributed by atoms with van der Waals surface area (Å²) in [5.74, 6) is -1.35. The van der Waals surface area contributed by atoms with Crippen molar-refractivity contribution in [3.8, 4) is 5.75 Å². The number of phenols is 1. The lowest BCUT2D eigenvalue weighted by Gasteiger charge is -2.05. The molecule has 0 saturated carbocycles. The van der Waals surface area contributed by atoms with Gasteiger partial charge in [0.15, 0.2) is 0 Å². The molecule has 0 aliphatic heterocycles. The fourth-order valence-corrected chi connectivity index (χ4v) is 1.53. The van der Waals surface area contributed by atoms with Crippen LogP contribution in [0.5, 0.6) is 5.75 Å². The molecule has 0 saturated heterocycles. The number of carbonyl (C=O) groups is 1. The van der Waals surface area contributed by atoms with E-state index in [1.54, 1.807) is 24.1 Å². The van der Waals surface area contributed by atoms with Crippen molar-refractivity contribution >= 4 is 5.91 Å². The number of benzene rings is 1. The third-order valence-corrected chi connectivity index (χ3v) is 2.41. The fourth-order valence-electron chi connectivity index (χ4n) is 1.53. The first-order valence-electron chi connectivity index (χ1n) is 5.30. The predicted octanol–water partition coefficient (Wildman–Crippen LogP) is 1.19. The van der Waals surface area contributed by atoms with E-state index in [1.165, 1.54) is 0 Å².